The van der Waals surface area contributed by atoms with Crippen molar-refractivity contribution in [3.05, 3.63) is 94.1 Å². The second-order valence-corrected chi connectivity index (χ2v) is 7.72. The molecule has 5 nitrogen and oxygen atoms in total. The van der Waals surface area contributed by atoms with Crippen LogP contribution in [-0.4, -0.2) is 18.9 Å². The number of nitrogens with one attached hydrogen (secondary N) is 1. The summed E-state index contributed by atoms with van der Waals surface area (Å²) in [5.41, 5.74) is 4.21. The molecule has 156 valence electrons. The van der Waals surface area contributed by atoms with E-state index >= 15 is 0 Å². The van der Waals surface area contributed by atoms with Crippen LogP contribution < -0.4 is 15.0 Å². The lowest BCUT2D eigenvalue weighted by Gasteiger charge is -2.19. The van der Waals surface area contributed by atoms with Crippen molar-refractivity contribution in [2.24, 2.45) is 0 Å². The molecule has 1 heterocycles. The van der Waals surface area contributed by atoms with E-state index in [-0.39, 0.29) is 11.6 Å². The summed E-state index contributed by atoms with van der Waals surface area (Å²) in [6.45, 7) is 3.85. The topological polar surface area (TPSA) is 58.6 Å². The Balaban J connectivity index is 1.84. The minimum absolute atomic E-state index is 0.210. The van der Waals surface area contributed by atoms with Crippen LogP contribution in [0.15, 0.2) is 72.4 Å². The molecule has 0 saturated carbocycles. The Labute approximate surface area is 185 Å². The van der Waals surface area contributed by atoms with E-state index in [1.54, 1.807) is 43.5 Å². The van der Waals surface area contributed by atoms with Gasteiger partial charge in [-0.1, -0.05) is 41.9 Å². The average Bonchev–Trinajstić information content (AvgIpc) is 3.00. The molecule has 0 unspecified atom stereocenters. The second kappa shape index (κ2) is 8.28. The summed E-state index contributed by atoms with van der Waals surface area (Å²) in [7, 11) is 1.57. The van der Waals surface area contributed by atoms with Gasteiger partial charge in [-0.05, 0) is 60.9 Å². The zero-order valence-electron chi connectivity index (χ0n) is 17.4. The molecule has 0 radical (unpaired) electrons. The first-order valence-corrected chi connectivity index (χ1v) is 10.1. The second-order valence-electron chi connectivity index (χ2n) is 7.28. The van der Waals surface area contributed by atoms with Crippen LogP contribution in [0, 0.1) is 13.8 Å². The lowest BCUT2D eigenvalue weighted by Crippen LogP contribution is -2.33. The Morgan fingerprint density at radius 2 is 1.61 bits per heavy atom. The molecule has 31 heavy (non-hydrogen) atoms. The molecule has 0 aliphatic carbocycles. The quantitative estimate of drug-likeness (QED) is 0.551. The van der Waals surface area contributed by atoms with E-state index in [1.807, 2.05) is 44.2 Å². The first kappa shape index (κ1) is 20.7. The Morgan fingerprint density at radius 3 is 2.32 bits per heavy atom. The van der Waals surface area contributed by atoms with Gasteiger partial charge in [0.25, 0.3) is 11.8 Å². The molecule has 0 spiro atoms. The molecule has 3 aromatic rings. The maximum absolute atomic E-state index is 13.5. The van der Waals surface area contributed by atoms with Crippen molar-refractivity contribution < 1.29 is 14.3 Å². The number of hydrogen-bond donors (Lipinski definition) is 1. The highest BCUT2D eigenvalue weighted by Crippen LogP contribution is 2.36. The van der Waals surface area contributed by atoms with Crippen molar-refractivity contribution in [3.8, 4) is 5.75 Å². The Morgan fingerprint density at radius 1 is 0.903 bits per heavy atom. The number of imide groups is 1. The van der Waals surface area contributed by atoms with E-state index in [1.165, 1.54) is 4.90 Å². The van der Waals surface area contributed by atoms with Gasteiger partial charge in [-0.25, -0.2) is 4.90 Å². The molecule has 6 heteroatoms. The van der Waals surface area contributed by atoms with Crippen LogP contribution in [0.1, 0.15) is 16.7 Å². The van der Waals surface area contributed by atoms with E-state index in [0.717, 1.165) is 11.1 Å². The molecular weight excluding hydrogens is 412 g/mol. The first-order chi connectivity index (χ1) is 14.9. The molecule has 1 aliphatic heterocycles. The monoisotopic (exact) mass is 432 g/mol. The highest BCUT2D eigenvalue weighted by Gasteiger charge is 2.40. The number of benzene rings is 3. The first-order valence-electron chi connectivity index (χ1n) is 9.77. The van der Waals surface area contributed by atoms with Gasteiger partial charge < -0.3 is 10.1 Å². The molecular formula is C25H21ClN2O3. The number of methoxy groups -OCH3 is 1. The average molecular weight is 433 g/mol. The van der Waals surface area contributed by atoms with Gasteiger partial charge in [0.2, 0.25) is 0 Å². The van der Waals surface area contributed by atoms with Gasteiger partial charge in [0, 0.05) is 16.8 Å². The predicted molar refractivity (Wildman–Crippen MR) is 123 cm³/mol. The number of hydrogen-bond acceptors (Lipinski definition) is 4. The number of ether oxygens (including phenoxy) is 1. The summed E-state index contributed by atoms with van der Waals surface area (Å²) in [6, 6.07) is 19.7. The molecule has 0 bridgehead atoms. The summed E-state index contributed by atoms with van der Waals surface area (Å²) in [4.78, 5) is 28.3. The highest BCUT2D eigenvalue weighted by molar-refractivity contribution is 6.46. The summed E-state index contributed by atoms with van der Waals surface area (Å²) in [5.74, 6) is -0.153. The lowest BCUT2D eigenvalue weighted by atomic mass is 10.0. The summed E-state index contributed by atoms with van der Waals surface area (Å²) >= 11 is 6.04. The summed E-state index contributed by atoms with van der Waals surface area (Å²) in [5, 5.41) is 3.70. The molecule has 0 saturated heterocycles. The summed E-state index contributed by atoms with van der Waals surface area (Å²) in [6.07, 6.45) is 0. The van der Waals surface area contributed by atoms with Gasteiger partial charge >= 0.3 is 0 Å². The van der Waals surface area contributed by atoms with E-state index in [0.29, 0.717) is 33.3 Å². The third-order valence-electron chi connectivity index (χ3n) is 5.37. The predicted octanol–water partition coefficient (Wildman–Crippen LogP) is 5.36. The van der Waals surface area contributed by atoms with Gasteiger partial charge in [-0.3, -0.25) is 9.59 Å². The van der Waals surface area contributed by atoms with Crippen molar-refractivity contribution in [1.29, 1.82) is 0 Å². The highest BCUT2D eigenvalue weighted by atomic mass is 35.5. The van der Waals surface area contributed by atoms with Crippen molar-refractivity contribution in [2.75, 3.05) is 17.3 Å². The molecule has 2 amide bonds. The van der Waals surface area contributed by atoms with Crippen LogP contribution >= 0.6 is 11.6 Å². The molecule has 0 aromatic heterocycles. The standard InChI is InChI=1S/C25H21ClN2O3/c1-15-6-4-9-21(16(15)2)28-24(29)22(17-10-12-18(26)13-11-17)23(25(28)30)27-19-7-5-8-20(14-19)31-3/h4-14,27H,1-3H3. The number of rotatable bonds is 5. The zero-order valence-corrected chi connectivity index (χ0v) is 18.2. The van der Waals surface area contributed by atoms with E-state index in [9.17, 15) is 9.59 Å². The molecule has 1 N–H and O–H groups in total. The maximum atomic E-state index is 13.5. The van der Waals surface area contributed by atoms with Gasteiger partial charge in [0.05, 0.1) is 18.4 Å². The fourth-order valence-corrected chi connectivity index (χ4v) is 3.70. The molecule has 0 fully saturated rings. The van der Waals surface area contributed by atoms with Crippen molar-refractivity contribution >= 4 is 40.4 Å². The molecule has 4 rings (SSSR count). The number of aryl methyl sites for hydroxylation is 1. The Kier molecular flexibility index (Phi) is 5.53. The van der Waals surface area contributed by atoms with E-state index in [4.69, 9.17) is 16.3 Å². The zero-order chi connectivity index (χ0) is 22.1. The molecule has 3 aromatic carbocycles. The van der Waals surface area contributed by atoms with Gasteiger partial charge in [-0.2, -0.15) is 0 Å². The molecule has 1 aliphatic rings. The minimum atomic E-state index is -0.411. The summed E-state index contributed by atoms with van der Waals surface area (Å²) < 4.78 is 5.28. The fourth-order valence-electron chi connectivity index (χ4n) is 3.57. The maximum Gasteiger partial charge on any atom is 0.282 e. The van der Waals surface area contributed by atoms with Crippen molar-refractivity contribution in [2.45, 2.75) is 13.8 Å². The Hall–Kier alpha value is -3.57. The third kappa shape index (κ3) is 3.80. The number of carbonyl (C=O) groups excluding carboxylic acids is 2. The lowest BCUT2D eigenvalue weighted by molar-refractivity contribution is -0.120. The van der Waals surface area contributed by atoms with E-state index < -0.39 is 5.91 Å². The van der Waals surface area contributed by atoms with Crippen LogP contribution in [-0.2, 0) is 9.59 Å². The SMILES string of the molecule is COc1cccc(NC2=C(c3ccc(Cl)cc3)C(=O)N(c3cccc(C)c3C)C2=O)c1. The fraction of sp³-hybridized carbons (Fsp3) is 0.120. The van der Waals surface area contributed by atoms with Crippen LogP contribution in [0.5, 0.6) is 5.75 Å². The van der Waals surface area contributed by atoms with Gasteiger partial charge in [0.15, 0.2) is 0 Å². The van der Waals surface area contributed by atoms with Crippen LogP contribution in [0.25, 0.3) is 5.57 Å². The largest absolute Gasteiger partial charge is 0.497 e. The van der Waals surface area contributed by atoms with Crippen LogP contribution in [0.3, 0.4) is 0 Å². The van der Waals surface area contributed by atoms with E-state index in [2.05, 4.69) is 5.32 Å². The number of nitrogens with zero attached hydrogens (tertiary/aromatic N) is 1. The van der Waals surface area contributed by atoms with Gasteiger partial charge in [0.1, 0.15) is 11.4 Å². The van der Waals surface area contributed by atoms with Crippen LogP contribution in [0.2, 0.25) is 5.02 Å². The number of halogens is 1. The van der Waals surface area contributed by atoms with Crippen molar-refractivity contribution in [1.82, 2.24) is 0 Å². The smallest absolute Gasteiger partial charge is 0.282 e. The Bertz CT molecular complexity index is 1220. The number of anilines is 2. The normalized spacial score (nSPS) is 13.7. The molecule has 0 atom stereocenters. The van der Waals surface area contributed by atoms with Gasteiger partial charge in [-0.15, -0.1) is 0 Å². The van der Waals surface area contributed by atoms with Crippen molar-refractivity contribution in [3.63, 3.8) is 0 Å². The number of amides is 2. The van der Waals surface area contributed by atoms with Crippen LogP contribution in [0.4, 0.5) is 11.4 Å². The number of carbonyl (C=O) groups is 2. The third-order valence-corrected chi connectivity index (χ3v) is 5.62. The minimum Gasteiger partial charge on any atom is -0.497 e.